The highest BCUT2D eigenvalue weighted by Gasteiger charge is 2.15. The van der Waals surface area contributed by atoms with E-state index < -0.39 is 10.0 Å². The Bertz CT molecular complexity index is 976. The van der Waals surface area contributed by atoms with Crippen LogP contribution in [0, 0.1) is 0 Å². The average molecular weight is 347 g/mol. The summed E-state index contributed by atoms with van der Waals surface area (Å²) in [4.78, 5) is 11.4. The van der Waals surface area contributed by atoms with Gasteiger partial charge in [0.05, 0.1) is 5.69 Å². The molecule has 0 radical (unpaired) electrons. The number of thiophene rings is 1. The van der Waals surface area contributed by atoms with Crippen LogP contribution in [0.1, 0.15) is 0 Å². The van der Waals surface area contributed by atoms with Crippen LogP contribution in [0.2, 0.25) is 0 Å². The average Bonchev–Trinajstić information content (AvgIpc) is 3.06. The third-order valence-corrected chi connectivity index (χ3v) is 5.93. The number of rotatable bonds is 4. The van der Waals surface area contributed by atoms with Crippen molar-refractivity contribution >= 4 is 27.0 Å². The molecule has 0 fully saturated rings. The summed E-state index contributed by atoms with van der Waals surface area (Å²) in [5, 5.41) is 5.87. The molecule has 23 heavy (non-hydrogen) atoms. The molecular formula is C15H13N3O3S2. The van der Waals surface area contributed by atoms with Crippen LogP contribution >= 0.6 is 11.3 Å². The summed E-state index contributed by atoms with van der Waals surface area (Å²) in [7, 11) is -1.97. The van der Waals surface area contributed by atoms with Gasteiger partial charge in [0.25, 0.3) is 15.6 Å². The number of sulfonamides is 1. The Morgan fingerprint density at radius 1 is 1.09 bits per heavy atom. The van der Waals surface area contributed by atoms with Gasteiger partial charge in [-0.1, -0.05) is 18.2 Å². The van der Waals surface area contributed by atoms with Crippen molar-refractivity contribution in [2.24, 2.45) is 7.05 Å². The minimum atomic E-state index is -3.55. The van der Waals surface area contributed by atoms with Crippen LogP contribution in [0.5, 0.6) is 0 Å². The smallest absolute Gasteiger partial charge is 0.271 e. The lowest BCUT2D eigenvalue weighted by atomic mass is 10.1. The number of nitrogens with zero attached hydrogens (tertiary/aromatic N) is 2. The van der Waals surface area contributed by atoms with E-state index in [-0.39, 0.29) is 9.77 Å². The molecule has 2 heterocycles. The molecule has 0 aliphatic heterocycles. The lowest BCUT2D eigenvalue weighted by molar-refractivity contribution is 0.603. The maximum Gasteiger partial charge on any atom is 0.271 e. The molecular weight excluding hydrogens is 334 g/mol. The lowest BCUT2D eigenvalue weighted by Crippen LogP contribution is -2.18. The van der Waals surface area contributed by atoms with Crippen molar-refractivity contribution in [1.82, 2.24) is 9.78 Å². The summed E-state index contributed by atoms with van der Waals surface area (Å²) in [6, 6.07) is 13.1. The Hall–Kier alpha value is -2.45. The Kier molecular flexibility index (Phi) is 4.01. The molecule has 0 saturated carbocycles. The van der Waals surface area contributed by atoms with Crippen LogP contribution in [-0.4, -0.2) is 18.2 Å². The van der Waals surface area contributed by atoms with Crippen molar-refractivity contribution in [2.45, 2.75) is 4.21 Å². The van der Waals surface area contributed by atoms with E-state index >= 15 is 0 Å². The van der Waals surface area contributed by atoms with Crippen molar-refractivity contribution in [2.75, 3.05) is 4.72 Å². The number of nitrogens with one attached hydrogen (secondary N) is 1. The zero-order valence-electron chi connectivity index (χ0n) is 12.1. The maximum atomic E-state index is 12.1. The maximum absolute atomic E-state index is 12.1. The van der Waals surface area contributed by atoms with Gasteiger partial charge in [0.1, 0.15) is 4.21 Å². The van der Waals surface area contributed by atoms with Gasteiger partial charge in [0, 0.05) is 24.4 Å². The van der Waals surface area contributed by atoms with Gasteiger partial charge < -0.3 is 0 Å². The third-order valence-electron chi connectivity index (χ3n) is 3.15. The molecule has 1 N–H and O–H groups in total. The van der Waals surface area contributed by atoms with Gasteiger partial charge >= 0.3 is 0 Å². The molecule has 0 atom stereocenters. The quantitative estimate of drug-likeness (QED) is 0.785. The highest BCUT2D eigenvalue weighted by Crippen LogP contribution is 2.22. The fraction of sp³-hybridized carbons (Fsp3) is 0.0667. The van der Waals surface area contributed by atoms with Gasteiger partial charge in [-0.25, -0.2) is 13.1 Å². The first-order valence-corrected chi connectivity index (χ1v) is 9.03. The molecule has 3 rings (SSSR count). The van der Waals surface area contributed by atoms with Gasteiger partial charge in [-0.2, -0.15) is 5.10 Å². The van der Waals surface area contributed by atoms with E-state index in [1.54, 1.807) is 54.9 Å². The summed E-state index contributed by atoms with van der Waals surface area (Å²) in [5.41, 5.74) is 1.71. The van der Waals surface area contributed by atoms with Gasteiger partial charge in [-0.3, -0.25) is 9.52 Å². The van der Waals surface area contributed by atoms with E-state index in [1.807, 2.05) is 0 Å². The van der Waals surface area contributed by atoms with Crippen molar-refractivity contribution in [3.05, 3.63) is 64.3 Å². The van der Waals surface area contributed by atoms with E-state index in [0.29, 0.717) is 11.4 Å². The standard InChI is InChI=1S/C15H13N3O3S2/c1-18-14(19)9-8-13(16-18)11-4-6-12(7-5-11)17-23(20,21)15-3-2-10-22-15/h2-10,17H,1H3. The molecule has 118 valence electrons. The second kappa shape index (κ2) is 5.98. The van der Waals surface area contributed by atoms with Crippen LogP contribution in [-0.2, 0) is 17.1 Å². The van der Waals surface area contributed by atoms with E-state index in [0.717, 1.165) is 16.9 Å². The van der Waals surface area contributed by atoms with Gasteiger partial charge in [0.15, 0.2) is 0 Å². The van der Waals surface area contributed by atoms with Crippen LogP contribution < -0.4 is 10.3 Å². The summed E-state index contributed by atoms with van der Waals surface area (Å²) in [6.45, 7) is 0. The first kappa shape index (κ1) is 15.4. The molecule has 0 spiro atoms. The number of aryl methyl sites for hydroxylation is 1. The van der Waals surface area contributed by atoms with Crippen LogP contribution in [0.25, 0.3) is 11.3 Å². The normalized spacial score (nSPS) is 11.3. The molecule has 0 amide bonds. The monoisotopic (exact) mass is 347 g/mol. The summed E-state index contributed by atoms with van der Waals surface area (Å²) < 4.78 is 28.3. The van der Waals surface area contributed by atoms with E-state index in [9.17, 15) is 13.2 Å². The number of hydrogen-bond acceptors (Lipinski definition) is 5. The topological polar surface area (TPSA) is 81.1 Å². The van der Waals surface area contributed by atoms with Gasteiger partial charge in [-0.15, -0.1) is 11.3 Å². The summed E-state index contributed by atoms with van der Waals surface area (Å²) >= 11 is 1.16. The number of benzene rings is 1. The minimum absolute atomic E-state index is 0.186. The number of aromatic nitrogens is 2. The fourth-order valence-electron chi connectivity index (χ4n) is 1.99. The Labute approximate surface area is 137 Å². The van der Waals surface area contributed by atoms with Crippen molar-refractivity contribution in [3.8, 4) is 11.3 Å². The molecule has 6 nitrogen and oxygen atoms in total. The van der Waals surface area contributed by atoms with Crippen LogP contribution in [0.4, 0.5) is 5.69 Å². The fourth-order valence-corrected chi connectivity index (χ4v) is 4.04. The zero-order chi connectivity index (χ0) is 16.4. The molecule has 3 aromatic rings. The SMILES string of the molecule is Cn1nc(-c2ccc(NS(=O)(=O)c3cccs3)cc2)ccc1=O. The highest BCUT2D eigenvalue weighted by atomic mass is 32.2. The minimum Gasteiger partial charge on any atom is -0.279 e. The van der Waals surface area contributed by atoms with Crippen molar-refractivity contribution in [1.29, 1.82) is 0 Å². The molecule has 0 saturated heterocycles. The van der Waals surface area contributed by atoms with Gasteiger partial charge in [-0.05, 0) is 29.6 Å². The Morgan fingerprint density at radius 3 is 2.43 bits per heavy atom. The molecule has 0 unspecified atom stereocenters. The molecule has 0 aliphatic rings. The number of anilines is 1. The number of hydrogen-bond donors (Lipinski definition) is 1. The van der Waals surface area contributed by atoms with Crippen molar-refractivity contribution in [3.63, 3.8) is 0 Å². The predicted octanol–water partition coefficient (Wildman–Crippen LogP) is 2.31. The van der Waals surface area contributed by atoms with E-state index in [1.165, 1.54) is 10.7 Å². The molecule has 2 aromatic heterocycles. The molecule has 8 heteroatoms. The van der Waals surface area contributed by atoms with Crippen LogP contribution in [0.15, 0.2) is 62.9 Å². The van der Waals surface area contributed by atoms with Gasteiger partial charge in [0.2, 0.25) is 0 Å². The van der Waals surface area contributed by atoms with E-state index in [4.69, 9.17) is 0 Å². The van der Waals surface area contributed by atoms with Crippen molar-refractivity contribution < 1.29 is 8.42 Å². The highest BCUT2D eigenvalue weighted by molar-refractivity contribution is 7.94. The second-order valence-electron chi connectivity index (χ2n) is 4.80. The molecule has 1 aromatic carbocycles. The zero-order valence-corrected chi connectivity index (χ0v) is 13.8. The second-order valence-corrected chi connectivity index (χ2v) is 7.65. The first-order valence-electron chi connectivity index (χ1n) is 6.67. The lowest BCUT2D eigenvalue weighted by Gasteiger charge is -2.07. The summed E-state index contributed by atoms with van der Waals surface area (Å²) in [6.07, 6.45) is 0. The third kappa shape index (κ3) is 3.33. The molecule has 0 bridgehead atoms. The Balaban J connectivity index is 1.85. The first-order chi connectivity index (χ1) is 11.0. The van der Waals surface area contributed by atoms with E-state index in [2.05, 4.69) is 9.82 Å². The summed E-state index contributed by atoms with van der Waals surface area (Å²) in [5.74, 6) is 0. The molecule has 0 aliphatic carbocycles. The largest absolute Gasteiger partial charge is 0.279 e. The Morgan fingerprint density at radius 2 is 1.83 bits per heavy atom. The predicted molar refractivity (Wildman–Crippen MR) is 90.0 cm³/mol. The van der Waals surface area contributed by atoms with Crippen LogP contribution in [0.3, 0.4) is 0 Å².